The number of fused-ring (bicyclic) bond motifs is 1. The predicted octanol–water partition coefficient (Wildman–Crippen LogP) is 4.44. The van der Waals surface area contributed by atoms with E-state index in [2.05, 4.69) is 21.4 Å². The highest BCUT2D eigenvalue weighted by molar-refractivity contribution is 7.19. The van der Waals surface area contributed by atoms with Gasteiger partial charge in [0, 0.05) is 32.4 Å². The summed E-state index contributed by atoms with van der Waals surface area (Å²) in [5, 5.41) is 25.4. The van der Waals surface area contributed by atoms with Crippen LogP contribution in [-0.4, -0.2) is 33.4 Å². The van der Waals surface area contributed by atoms with Crippen LogP contribution >= 0.6 is 22.9 Å². The zero-order valence-corrected chi connectivity index (χ0v) is 18.4. The number of hydrogen-bond donors (Lipinski definition) is 1. The number of hydrogen-bond acceptors (Lipinski definition) is 8. The third-order valence-electron chi connectivity index (χ3n) is 4.46. The third kappa shape index (κ3) is 5.17. The average molecular weight is 455 g/mol. The lowest BCUT2D eigenvalue weighted by molar-refractivity contribution is -0.421. The number of nitro groups is 1. The van der Waals surface area contributed by atoms with E-state index in [-0.39, 0.29) is 17.1 Å². The molecule has 158 valence electrons. The summed E-state index contributed by atoms with van der Waals surface area (Å²) in [6.45, 7) is 2.76. The Hall–Kier alpha value is -3.48. The number of aromatic nitrogens is 2. The molecule has 1 N–H and O–H groups in total. The van der Waals surface area contributed by atoms with Crippen LogP contribution in [0.1, 0.15) is 17.5 Å². The van der Waals surface area contributed by atoms with E-state index in [4.69, 9.17) is 11.6 Å². The maximum Gasteiger partial charge on any atom is 0.310 e. The number of pyridine rings is 1. The van der Waals surface area contributed by atoms with Gasteiger partial charge in [0.2, 0.25) is 0 Å². The zero-order valence-electron chi connectivity index (χ0n) is 16.9. The molecule has 0 amide bonds. The summed E-state index contributed by atoms with van der Waals surface area (Å²) in [5.74, 6) is 0.288. The van der Waals surface area contributed by atoms with E-state index in [0.29, 0.717) is 23.3 Å². The first kappa shape index (κ1) is 22.2. The van der Waals surface area contributed by atoms with E-state index in [1.165, 1.54) is 17.4 Å². The molecular weight excluding hydrogens is 436 g/mol. The van der Waals surface area contributed by atoms with Crippen molar-refractivity contribution in [1.82, 2.24) is 20.2 Å². The normalized spacial score (nSPS) is 12.3. The average Bonchev–Trinajstić information content (AvgIpc) is 3.20. The first-order valence-electron chi connectivity index (χ1n) is 9.36. The molecule has 0 fully saturated rings. The Morgan fingerprint density at radius 1 is 1.39 bits per heavy atom. The summed E-state index contributed by atoms with van der Waals surface area (Å²) in [4.78, 5) is 21.8. The van der Waals surface area contributed by atoms with Crippen LogP contribution < -0.4 is 5.32 Å². The summed E-state index contributed by atoms with van der Waals surface area (Å²) in [6.07, 6.45) is 2.90. The van der Waals surface area contributed by atoms with Gasteiger partial charge in [0.15, 0.2) is 5.82 Å². The Bertz CT molecular complexity index is 1160. The van der Waals surface area contributed by atoms with Crippen LogP contribution in [0.2, 0.25) is 5.15 Å². The maximum atomic E-state index is 12.0. The van der Waals surface area contributed by atoms with Gasteiger partial charge >= 0.3 is 5.70 Å². The van der Waals surface area contributed by atoms with Crippen LogP contribution in [0.3, 0.4) is 0 Å². The van der Waals surface area contributed by atoms with Gasteiger partial charge in [-0.2, -0.15) is 5.26 Å². The molecule has 0 atom stereocenters. The highest BCUT2D eigenvalue weighted by Gasteiger charge is 2.23. The monoisotopic (exact) mass is 454 g/mol. The lowest BCUT2D eigenvalue weighted by atomic mass is 10.2. The number of nitrogens with one attached hydrogen (secondary N) is 1. The summed E-state index contributed by atoms with van der Waals surface area (Å²) >= 11 is 7.16. The van der Waals surface area contributed by atoms with Crippen molar-refractivity contribution in [1.29, 1.82) is 5.26 Å². The Labute approximate surface area is 188 Å². The van der Waals surface area contributed by atoms with Crippen LogP contribution in [0, 0.1) is 21.4 Å². The first-order valence-corrected chi connectivity index (χ1v) is 10.6. The SMILES string of the molecule is CCN(Cc1ccc(Cl)nc1)/C(NC)=C(/C=C(\C#N)c1nc2ccccc2s1)[N+](=O)[O-]. The number of allylic oxidation sites excluding steroid dienone is 2. The van der Waals surface area contributed by atoms with Crippen molar-refractivity contribution in [3.05, 3.63) is 86.0 Å². The highest BCUT2D eigenvalue weighted by atomic mass is 35.5. The van der Waals surface area contributed by atoms with E-state index in [9.17, 15) is 15.4 Å². The quantitative estimate of drug-likeness (QED) is 0.176. The second-order valence-electron chi connectivity index (χ2n) is 6.40. The molecule has 0 saturated carbocycles. The molecule has 0 unspecified atom stereocenters. The van der Waals surface area contributed by atoms with Gasteiger partial charge < -0.3 is 10.2 Å². The van der Waals surface area contributed by atoms with Crippen molar-refractivity contribution in [3.8, 4) is 6.07 Å². The van der Waals surface area contributed by atoms with Crippen molar-refractivity contribution >= 4 is 38.7 Å². The van der Waals surface area contributed by atoms with Crippen molar-refractivity contribution in [3.63, 3.8) is 0 Å². The highest BCUT2D eigenvalue weighted by Crippen LogP contribution is 2.28. The van der Waals surface area contributed by atoms with Gasteiger partial charge in [-0.25, -0.2) is 9.97 Å². The molecule has 0 saturated heterocycles. The molecule has 0 aliphatic heterocycles. The van der Waals surface area contributed by atoms with Crippen LogP contribution in [-0.2, 0) is 6.54 Å². The molecule has 2 heterocycles. The van der Waals surface area contributed by atoms with Crippen LogP contribution in [0.15, 0.2) is 60.2 Å². The summed E-state index contributed by atoms with van der Waals surface area (Å²) < 4.78 is 0.907. The van der Waals surface area contributed by atoms with E-state index in [1.807, 2.05) is 37.3 Å². The van der Waals surface area contributed by atoms with Crippen LogP contribution in [0.4, 0.5) is 0 Å². The zero-order chi connectivity index (χ0) is 22.4. The second kappa shape index (κ2) is 10.0. The fourth-order valence-electron chi connectivity index (χ4n) is 2.99. The fourth-order valence-corrected chi connectivity index (χ4v) is 4.03. The lowest BCUT2D eigenvalue weighted by Crippen LogP contribution is -2.32. The van der Waals surface area contributed by atoms with E-state index < -0.39 is 4.92 Å². The smallest absolute Gasteiger partial charge is 0.310 e. The van der Waals surface area contributed by atoms with E-state index >= 15 is 0 Å². The number of rotatable bonds is 8. The number of para-hydroxylation sites is 1. The van der Waals surface area contributed by atoms with Gasteiger partial charge in [0.25, 0.3) is 0 Å². The number of nitrogens with zero attached hydrogens (tertiary/aromatic N) is 5. The molecule has 0 aliphatic rings. The van der Waals surface area contributed by atoms with Crippen molar-refractivity contribution in [2.45, 2.75) is 13.5 Å². The molecule has 3 rings (SSSR count). The molecule has 0 spiro atoms. The fraction of sp³-hybridized carbons (Fsp3) is 0.190. The molecule has 10 heteroatoms. The van der Waals surface area contributed by atoms with Crippen molar-refractivity contribution in [2.75, 3.05) is 13.6 Å². The van der Waals surface area contributed by atoms with E-state index in [1.54, 1.807) is 24.2 Å². The number of halogens is 1. The minimum Gasteiger partial charge on any atom is -0.369 e. The maximum absolute atomic E-state index is 12.0. The largest absolute Gasteiger partial charge is 0.369 e. The van der Waals surface area contributed by atoms with Gasteiger partial charge in [-0.1, -0.05) is 29.8 Å². The Morgan fingerprint density at radius 3 is 2.74 bits per heavy atom. The van der Waals surface area contributed by atoms with Crippen molar-refractivity contribution in [2.24, 2.45) is 0 Å². The van der Waals surface area contributed by atoms with Gasteiger partial charge in [-0.05, 0) is 30.7 Å². The minimum atomic E-state index is -0.501. The molecular formula is C21H19ClN6O2S. The standard InChI is InChI=1S/C21H19ClN6O2S/c1-3-27(13-14-8-9-19(22)25-12-14)20(24-2)17(28(29)30)10-15(11-23)21-26-16-6-4-5-7-18(16)31-21/h4-10,12,24H,3,13H2,1-2H3/b15-10+,20-17-. The Balaban J connectivity index is 2.05. The molecule has 1 aromatic carbocycles. The van der Waals surface area contributed by atoms with Gasteiger partial charge in [-0.3, -0.25) is 10.1 Å². The number of nitriles is 1. The van der Waals surface area contributed by atoms with Crippen LogP contribution in [0.5, 0.6) is 0 Å². The van der Waals surface area contributed by atoms with E-state index in [0.717, 1.165) is 15.8 Å². The molecule has 8 nitrogen and oxygen atoms in total. The van der Waals surface area contributed by atoms with Crippen molar-refractivity contribution < 1.29 is 4.92 Å². The number of thiazole rings is 1. The molecule has 2 aromatic heterocycles. The summed E-state index contributed by atoms with van der Waals surface area (Å²) in [6, 6.07) is 13.0. The minimum absolute atomic E-state index is 0.130. The predicted molar refractivity (Wildman–Crippen MR) is 122 cm³/mol. The first-order chi connectivity index (χ1) is 15.0. The molecule has 3 aromatic rings. The molecule has 0 bridgehead atoms. The second-order valence-corrected chi connectivity index (χ2v) is 7.82. The Kier molecular flexibility index (Phi) is 7.18. The number of benzene rings is 1. The lowest BCUT2D eigenvalue weighted by Gasteiger charge is -2.25. The molecule has 0 radical (unpaired) electrons. The molecule has 31 heavy (non-hydrogen) atoms. The Morgan fingerprint density at radius 2 is 2.16 bits per heavy atom. The van der Waals surface area contributed by atoms with Gasteiger partial charge in [0.1, 0.15) is 16.2 Å². The van der Waals surface area contributed by atoms with Crippen LogP contribution in [0.25, 0.3) is 15.8 Å². The summed E-state index contributed by atoms with van der Waals surface area (Å²) in [5.41, 5.74) is 1.50. The summed E-state index contributed by atoms with van der Waals surface area (Å²) in [7, 11) is 1.61. The van der Waals surface area contributed by atoms with Gasteiger partial charge in [0.05, 0.1) is 20.7 Å². The van der Waals surface area contributed by atoms with Gasteiger partial charge in [-0.15, -0.1) is 11.3 Å². The topological polar surface area (TPSA) is 108 Å². The third-order valence-corrected chi connectivity index (χ3v) is 5.76. The molecule has 0 aliphatic carbocycles.